The predicted octanol–water partition coefficient (Wildman–Crippen LogP) is 1.58. The van der Waals surface area contributed by atoms with Crippen molar-refractivity contribution in [1.29, 1.82) is 0 Å². The molecule has 0 aromatic carbocycles. The van der Waals surface area contributed by atoms with Gasteiger partial charge in [0.25, 0.3) is 5.56 Å². The SMILES string of the molecule is COCCCn1cccc(CCC(=O)Cl)c1=O. The van der Waals surface area contributed by atoms with Crippen LogP contribution in [0.3, 0.4) is 0 Å². The Morgan fingerprint density at radius 2 is 2.29 bits per heavy atom. The van der Waals surface area contributed by atoms with Gasteiger partial charge >= 0.3 is 0 Å². The van der Waals surface area contributed by atoms with E-state index in [-0.39, 0.29) is 12.0 Å². The lowest BCUT2D eigenvalue weighted by atomic mass is 10.1. The van der Waals surface area contributed by atoms with Crippen LogP contribution in [-0.4, -0.2) is 23.5 Å². The Morgan fingerprint density at radius 3 is 2.94 bits per heavy atom. The lowest BCUT2D eigenvalue weighted by molar-refractivity contribution is -0.111. The summed E-state index contributed by atoms with van der Waals surface area (Å²) in [7, 11) is 1.63. The topological polar surface area (TPSA) is 48.3 Å². The van der Waals surface area contributed by atoms with Gasteiger partial charge < -0.3 is 9.30 Å². The van der Waals surface area contributed by atoms with E-state index < -0.39 is 5.24 Å². The highest BCUT2D eigenvalue weighted by molar-refractivity contribution is 6.63. The monoisotopic (exact) mass is 257 g/mol. The van der Waals surface area contributed by atoms with Gasteiger partial charge in [-0.2, -0.15) is 0 Å². The minimum absolute atomic E-state index is 0.0541. The molecule has 0 spiro atoms. The molecule has 1 aromatic heterocycles. The Bertz CT molecular complexity index is 428. The number of ether oxygens (including phenoxy) is 1. The molecular formula is C12H16ClNO3. The van der Waals surface area contributed by atoms with Crippen molar-refractivity contribution in [2.75, 3.05) is 13.7 Å². The molecule has 0 saturated heterocycles. The second-order valence-electron chi connectivity index (χ2n) is 3.73. The summed E-state index contributed by atoms with van der Waals surface area (Å²) in [5, 5.41) is -0.417. The van der Waals surface area contributed by atoms with E-state index in [0.29, 0.717) is 25.1 Å². The Hall–Kier alpha value is -1.13. The number of carbonyl (C=O) groups excluding carboxylic acids is 1. The van der Waals surface area contributed by atoms with Crippen LogP contribution in [0.4, 0.5) is 0 Å². The molecular weight excluding hydrogens is 242 g/mol. The molecule has 0 fully saturated rings. The highest BCUT2D eigenvalue weighted by Crippen LogP contribution is 2.00. The second kappa shape index (κ2) is 7.25. The maximum Gasteiger partial charge on any atom is 0.253 e. The van der Waals surface area contributed by atoms with E-state index in [2.05, 4.69) is 0 Å². The third-order valence-electron chi connectivity index (χ3n) is 2.44. The lowest BCUT2D eigenvalue weighted by Crippen LogP contribution is -2.23. The summed E-state index contributed by atoms with van der Waals surface area (Å²) in [6.45, 7) is 1.24. The van der Waals surface area contributed by atoms with Crippen molar-refractivity contribution in [3.63, 3.8) is 0 Å². The minimum Gasteiger partial charge on any atom is -0.385 e. The molecule has 0 aliphatic heterocycles. The number of aryl methyl sites for hydroxylation is 2. The molecule has 0 aliphatic rings. The zero-order valence-electron chi connectivity index (χ0n) is 9.82. The first-order valence-corrected chi connectivity index (χ1v) is 5.88. The van der Waals surface area contributed by atoms with Crippen molar-refractivity contribution in [2.45, 2.75) is 25.8 Å². The smallest absolute Gasteiger partial charge is 0.253 e. The molecule has 0 radical (unpaired) electrons. The van der Waals surface area contributed by atoms with Crippen molar-refractivity contribution in [3.05, 3.63) is 34.2 Å². The average Bonchev–Trinajstić information content (AvgIpc) is 2.30. The van der Waals surface area contributed by atoms with Crippen LogP contribution in [-0.2, 0) is 22.5 Å². The van der Waals surface area contributed by atoms with E-state index in [4.69, 9.17) is 16.3 Å². The summed E-state index contributed by atoms with van der Waals surface area (Å²) in [5.74, 6) is 0. The van der Waals surface area contributed by atoms with Gasteiger partial charge in [-0.3, -0.25) is 9.59 Å². The highest BCUT2D eigenvalue weighted by Gasteiger charge is 2.05. The van der Waals surface area contributed by atoms with Gasteiger partial charge in [0.15, 0.2) is 0 Å². The first-order valence-electron chi connectivity index (χ1n) is 5.50. The van der Waals surface area contributed by atoms with E-state index >= 15 is 0 Å². The highest BCUT2D eigenvalue weighted by atomic mass is 35.5. The standard InChI is InChI=1S/C12H16ClNO3/c1-17-9-3-8-14-7-2-4-10(12(14)16)5-6-11(13)15/h2,4,7H,3,5-6,8-9H2,1H3. The first kappa shape index (κ1) is 13.9. The molecule has 1 aromatic rings. The average molecular weight is 258 g/mol. The van der Waals surface area contributed by atoms with Gasteiger partial charge in [-0.1, -0.05) is 6.07 Å². The Labute approximate surface area is 105 Å². The molecule has 0 unspecified atom stereocenters. The summed E-state index contributed by atoms with van der Waals surface area (Å²) in [6, 6.07) is 3.54. The summed E-state index contributed by atoms with van der Waals surface area (Å²) in [6.07, 6.45) is 3.11. The van der Waals surface area contributed by atoms with E-state index in [1.54, 1.807) is 23.9 Å². The number of carbonyl (C=O) groups is 1. The molecule has 0 N–H and O–H groups in total. The molecule has 1 heterocycles. The van der Waals surface area contributed by atoms with Crippen molar-refractivity contribution in [2.24, 2.45) is 0 Å². The van der Waals surface area contributed by atoms with Gasteiger partial charge in [0.2, 0.25) is 5.24 Å². The van der Waals surface area contributed by atoms with Gasteiger partial charge in [0.05, 0.1) is 0 Å². The van der Waals surface area contributed by atoms with Crippen LogP contribution >= 0.6 is 11.6 Å². The molecule has 94 valence electrons. The van der Waals surface area contributed by atoms with E-state index in [0.717, 1.165) is 6.42 Å². The molecule has 17 heavy (non-hydrogen) atoms. The third kappa shape index (κ3) is 4.71. The lowest BCUT2D eigenvalue weighted by Gasteiger charge is -2.07. The van der Waals surface area contributed by atoms with Crippen molar-refractivity contribution < 1.29 is 9.53 Å². The van der Waals surface area contributed by atoms with Crippen LogP contribution in [0.1, 0.15) is 18.4 Å². The van der Waals surface area contributed by atoms with Gasteiger partial charge in [0.1, 0.15) is 0 Å². The summed E-state index contributed by atoms with van der Waals surface area (Å²) < 4.78 is 6.57. The third-order valence-corrected chi connectivity index (χ3v) is 2.63. The maximum atomic E-state index is 11.9. The fraction of sp³-hybridized carbons (Fsp3) is 0.500. The minimum atomic E-state index is -0.417. The number of halogens is 1. The van der Waals surface area contributed by atoms with Crippen molar-refractivity contribution in [3.8, 4) is 0 Å². The van der Waals surface area contributed by atoms with Crippen LogP contribution in [0.15, 0.2) is 23.1 Å². The fourth-order valence-electron chi connectivity index (χ4n) is 1.57. The molecule has 0 atom stereocenters. The second-order valence-corrected chi connectivity index (χ2v) is 4.16. The fourth-order valence-corrected chi connectivity index (χ4v) is 1.66. The van der Waals surface area contributed by atoms with Crippen molar-refractivity contribution >= 4 is 16.8 Å². The molecule has 4 nitrogen and oxygen atoms in total. The molecule has 0 aliphatic carbocycles. The van der Waals surface area contributed by atoms with Gasteiger partial charge in [-0.25, -0.2) is 0 Å². The van der Waals surface area contributed by atoms with E-state index in [9.17, 15) is 9.59 Å². The maximum absolute atomic E-state index is 11.9. The van der Waals surface area contributed by atoms with Gasteiger partial charge in [-0.15, -0.1) is 0 Å². The van der Waals surface area contributed by atoms with Crippen LogP contribution in [0.2, 0.25) is 0 Å². The quantitative estimate of drug-likeness (QED) is 0.550. The molecule has 1 rings (SSSR count). The summed E-state index contributed by atoms with van der Waals surface area (Å²) in [4.78, 5) is 22.6. The molecule has 0 saturated carbocycles. The zero-order valence-corrected chi connectivity index (χ0v) is 10.6. The molecule has 0 bridgehead atoms. The number of rotatable bonds is 7. The molecule has 0 amide bonds. The Morgan fingerprint density at radius 1 is 1.53 bits per heavy atom. The number of hydrogen-bond acceptors (Lipinski definition) is 3. The van der Waals surface area contributed by atoms with E-state index in [1.165, 1.54) is 0 Å². The Kier molecular flexibility index (Phi) is 5.94. The van der Waals surface area contributed by atoms with Gasteiger partial charge in [0, 0.05) is 38.4 Å². The zero-order chi connectivity index (χ0) is 12.7. The van der Waals surface area contributed by atoms with Crippen LogP contribution < -0.4 is 5.56 Å². The number of aromatic nitrogens is 1. The van der Waals surface area contributed by atoms with Crippen molar-refractivity contribution in [1.82, 2.24) is 4.57 Å². The van der Waals surface area contributed by atoms with Gasteiger partial charge in [-0.05, 0) is 30.5 Å². The number of hydrogen-bond donors (Lipinski definition) is 0. The van der Waals surface area contributed by atoms with Crippen LogP contribution in [0.5, 0.6) is 0 Å². The normalized spacial score (nSPS) is 10.5. The molecule has 5 heteroatoms. The summed E-state index contributed by atoms with van der Waals surface area (Å²) in [5.41, 5.74) is 0.570. The number of nitrogens with zero attached hydrogens (tertiary/aromatic N) is 1. The Balaban J connectivity index is 2.69. The first-order chi connectivity index (χ1) is 8.15. The summed E-state index contributed by atoms with van der Waals surface area (Å²) >= 11 is 5.26. The van der Waals surface area contributed by atoms with E-state index in [1.807, 2.05) is 6.07 Å². The predicted molar refractivity (Wildman–Crippen MR) is 66.4 cm³/mol. The largest absolute Gasteiger partial charge is 0.385 e. The van der Waals surface area contributed by atoms with Crippen LogP contribution in [0.25, 0.3) is 0 Å². The number of methoxy groups -OCH3 is 1. The number of pyridine rings is 1. The van der Waals surface area contributed by atoms with Crippen LogP contribution in [0, 0.1) is 0 Å².